The van der Waals surface area contributed by atoms with Gasteiger partial charge in [-0.1, -0.05) is 13.0 Å². The molecule has 5 rings (SSSR count). The van der Waals surface area contributed by atoms with Gasteiger partial charge in [0.25, 0.3) is 0 Å². The lowest BCUT2D eigenvalue weighted by atomic mass is 9.48. The molecule has 0 aliphatic heterocycles. The minimum Gasteiger partial charge on any atom is -0.497 e. The average molecular weight is 412 g/mol. The van der Waals surface area contributed by atoms with E-state index in [4.69, 9.17) is 9.47 Å². The van der Waals surface area contributed by atoms with Crippen LogP contribution in [0, 0.1) is 16.7 Å². The van der Waals surface area contributed by atoms with Crippen molar-refractivity contribution in [2.24, 2.45) is 16.7 Å². The van der Waals surface area contributed by atoms with Crippen molar-refractivity contribution >= 4 is 11.9 Å². The standard InChI is InChI=1S/C25H33NO4/c1-15(27)26-22-14-24-11-12-25(22,30-16(2)28)23(24,3)10-9-20-19-7-6-18(29-4)13-17(19)5-8-21(20)24/h6-7,13,20-22H,5,8-12,14H2,1-4H3,(H,26,27)/t20-,21-,22-,23+,24+,25+/m1/s1. The number of hydrogen-bond donors (Lipinski definition) is 1. The molecule has 0 aromatic heterocycles. The maximum Gasteiger partial charge on any atom is 0.303 e. The highest BCUT2D eigenvalue weighted by atomic mass is 16.6. The van der Waals surface area contributed by atoms with E-state index in [0.29, 0.717) is 11.8 Å². The first-order valence-corrected chi connectivity index (χ1v) is 11.4. The van der Waals surface area contributed by atoms with Gasteiger partial charge in [0.1, 0.15) is 11.4 Å². The zero-order chi connectivity index (χ0) is 21.3. The van der Waals surface area contributed by atoms with E-state index in [2.05, 4.69) is 30.4 Å². The Morgan fingerprint density at radius 1 is 1.13 bits per heavy atom. The molecule has 0 spiro atoms. The molecule has 2 bridgehead atoms. The SMILES string of the molecule is COc1ccc2c(c1)CC[C@@H]1[C@@H]2CC[C@@]2(C)[C@]13CC[C@]2(OC(C)=O)[C@H](NC(C)=O)C3. The molecule has 0 unspecified atom stereocenters. The zero-order valence-corrected chi connectivity index (χ0v) is 18.5. The number of ether oxygens (including phenoxy) is 2. The number of hydrogen-bond acceptors (Lipinski definition) is 4. The summed E-state index contributed by atoms with van der Waals surface area (Å²) in [6.45, 7) is 5.44. The lowest BCUT2D eigenvalue weighted by molar-refractivity contribution is -0.178. The summed E-state index contributed by atoms with van der Waals surface area (Å²) in [6, 6.07) is 6.50. The Kier molecular flexibility index (Phi) is 4.30. The summed E-state index contributed by atoms with van der Waals surface area (Å²) >= 11 is 0. The van der Waals surface area contributed by atoms with Crippen molar-refractivity contribution in [3.05, 3.63) is 29.3 Å². The van der Waals surface area contributed by atoms with E-state index in [-0.39, 0.29) is 28.7 Å². The van der Waals surface area contributed by atoms with Gasteiger partial charge in [0.2, 0.25) is 5.91 Å². The number of esters is 1. The van der Waals surface area contributed by atoms with Crippen LogP contribution in [0.3, 0.4) is 0 Å². The van der Waals surface area contributed by atoms with E-state index in [0.717, 1.165) is 50.7 Å². The minimum atomic E-state index is -0.574. The number of aryl methyl sites for hydroxylation is 1. The average Bonchev–Trinajstić information content (AvgIpc) is 3.06. The molecular formula is C25H33NO4. The summed E-state index contributed by atoms with van der Waals surface area (Å²) in [5.41, 5.74) is 2.35. The van der Waals surface area contributed by atoms with Crippen LogP contribution in [-0.2, 0) is 20.7 Å². The van der Waals surface area contributed by atoms with Gasteiger partial charge in [0.05, 0.1) is 13.2 Å². The maximum absolute atomic E-state index is 12.2. The third-order valence-electron chi connectivity index (χ3n) is 9.44. The highest BCUT2D eigenvalue weighted by molar-refractivity contribution is 5.74. The Bertz CT molecular complexity index is 912. The van der Waals surface area contributed by atoms with Gasteiger partial charge in [-0.15, -0.1) is 0 Å². The van der Waals surface area contributed by atoms with Gasteiger partial charge in [-0.3, -0.25) is 9.59 Å². The van der Waals surface area contributed by atoms with Crippen molar-refractivity contribution in [1.82, 2.24) is 5.32 Å². The molecule has 0 heterocycles. The molecule has 6 atom stereocenters. The van der Waals surface area contributed by atoms with Crippen molar-refractivity contribution in [3.8, 4) is 5.75 Å². The predicted molar refractivity (Wildman–Crippen MR) is 113 cm³/mol. The van der Waals surface area contributed by atoms with E-state index in [1.807, 2.05) is 0 Å². The minimum absolute atomic E-state index is 0.0338. The van der Waals surface area contributed by atoms with Gasteiger partial charge in [0.15, 0.2) is 0 Å². The summed E-state index contributed by atoms with van der Waals surface area (Å²) < 4.78 is 11.6. The number of fused-ring (bicyclic) bond motifs is 3. The van der Waals surface area contributed by atoms with E-state index < -0.39 is 5.60 Å². The second-order valence-corrected chi connectivity index (χ2v) is 10.3. The molecule has 3 saturated carbocycles. The summed E-state index contributed by atoms with van der Waals surface area (Å²) in [6.07, 6.45) is 7.22. The lowest BCUT2D eigenvalue weighted by Crippen LogP contribution is -2.58. The van der Waals surface area contributed by atoms with Gasteiger partial charge < -0.3 is 14.8 Å². The maximum atomic E-state index is 12.2. The molecule has 1 aromatic rings. The van der Waals surface area contributed by atoms with Crippen LogP contribution in [0.1, 0.15) is 76.3 Å². The van der Waals surface area contributed by atoms with E-state index in [1.165, 1.54) is 18.1 Å². The summed E-state index contributed by atoms with van der Waals surface area (Å²) in [4.78, 5) is 24.2. The molecule has 5 heteroatoms. The predicted octanol–water partition coefficient (Wildman–Crippen LogP) is 4.13. The first-order chi connectivity index (χ1) is 14.3. The first kappa shape index (κ1) is 19.9. The molecule has 5 nitrogen and oxygen atoms in total. The molecule has 1 N–H and O–H groups in total. The fourth-order valence-corrected chi connectivity index (χ4v) is 8.39. The fraction of sp³-hybridized carbons (Fsp3) is 0.680. The number of carbonyl (C=O) groups is 2. The van der Waals surface area contributed by atoms with Gasteiger partial charge >= 0.3 is 5.97 Å². The molecular weight excluding hydrogens is 378 g/mol. The number of nitrogens with one attached hydrogen (secondary N) is 1. The normalized spacial score (nSPS) is 40.7. The molecule has 4 aliphatic carbocycles. The van der Waals surface area contributed by atoms with Crippen molar-refractivity contribution in [2.75, 3.05) is 7.11 Å². The van der Waals surface area contributed by atoms with E-state index in [1.54, 1.807) is 14.0 Å². The fourth-order valence-electron chi connectivity index (χ4n) is 8.39. The van der Waals surface area contributed by atoms with Crippen LogP contribution >= 0.6 is 0 Å². The smallest absolute Gasteiger partial charge is 0.303 e. The Balaban J connectivity index is 1.57. The highest BCUT2D eigenvalue weighted by Gasteiger charge is 2.78. The van der Waals surface area contributed by atoms with Crippen molar-refractivity contribution < 1.29 is 19.1 Å². The summed E-state index contributed by atoms with van der Waals surface area (Å²) in [5.74, 6) is 1.78. The van der Waals surface area contributed by atoms with Crippen LogP contribution in [0.4, 0.5) is 0 Å². The first-order valence-electron chi connectivity index (χ1n) is 11.4. The van der Waals surface area contributed by atoms with Crippen molar-refractivity contribution in [1.29, 1.82) is 0 Å². The molecule has 162 valence electrons. The zero-order valence-electron chi connectivity index (χ0n) is 18.5. The third-order valence-corrected chi connectivity index (χ3v) is 9.44. The molecule has 1 amide bonds. The largest absolute Gasteiger partial charge is 0.497 e. The number of methoxy groups -OCH3 is 1. The van der Waals surface area contributed by atoms with Crippen LogP contribution in [-0.4, -0.2) is 30.6 Å². The van der Waals surface area contributed by atoms with Crippen LogP contribution in [0.2, 0.25) is 0 Å². The number of rotatable bonds is 3. The topological polar surface area (TPSA) is 64.6 Å². The molecule has 4 aliphatic rings. The van der Waals surface area contributed by atoms with Crippen LogP contribution < -0.4 is 10.1 Å². The second kappa shape index (κ2) is 6.48. The Hall–Kier alpha value is -2.04. The van der Waals surface area contributed by atoms with Crippen LogP contribution in [0.5, 0.6) is 5.75 Å². The van der Waals surface area contributed by atoms with Crippen LogP contribution in [0.25, 0.3) is 0 Å². The second-order valence-electron chi connectivity index (χ2n) is 10.3. The van der Waals surface area contributed by atoms with E-state index in [9.17, 15) is 9.59 Å². The number of carbonyl (C=O) groups excluding carboxylic acids is 2. The van der Waals surface area contributed by atoms with E-state index >= 15 is 0 Å². The lowest BCUT2D eigenvalue weighted by Gasteiger charge is -2.56. The highest BCUT2D eigenvalue weighted by Crippen LogP contribution is 2.78. The Morgan fingerprint density at radius 3 is 2.63 bits per heavy atom. The Morgan fingerprint density at radius 2 is 1.93 bits per heavy atom. The quantitative estimate of drug-likeness (QED) is 0.760. The molecule has 3 fully saturated rings. The summed E-state index contributed by atoms with van der Waals surface area (Å²) in [7, 11) is 1.73. The van der Waals surface area contributed by atoms with Gasteiger partial charge in [-0.05, 0) is 85.5 Å². The molecule has 1 aromatic carbocycles. The molecule has 0 saturated heterocycles. The van der Waals surface area contributed by atoms with Gasteiger partial charge in [-0.25, -0.2) is 0 Å². The van der Waals surface area contributed by atoms with Gasteiger partial charge in [-0.2, -0.15) is 0 Å². The van der Waals surface area contributed by atoms with Crippen molar-refractivity contribution in [2.45, 2.75) is 83.3 Å². The van der Waals surface area contributed by atoms with Crippen molar-refractivity contribution in [3.63, 3.8) is 0 Å². The van der Waals surface area contributed by atoms with Crippen LogP contribution in [0.15, 0.2) is 18.2 Å². The number of amides is 1. The summed E-state index contributed by atoms with van der Waals surface area (Å²) in [5, 5.41) is 3.19. The number of benzene rings is 1. The monoisotopic (exact) mass is 411 g/mol. The Labute approximate surface area is 178 Å². The molecule has 0 radical (unpaired) electrons. The van der Waals surface area contributed by atoms with Gasteiger partial charge in [0, 0.05) is 19.3 Å². The third kappa shape index (κ3) is 2.35. The molecule has 30 heavy (non-hydrogen) atoms.